The van der Waals surface area contributed by atoms with Crippen LogP contribution in [0.5, 0.6) is 0 Å². The van der Waals surface area contributed by atoms with E-state index >= 15 is 0 Å². The van der Waals surface area contributed by atoms with Crippen molar-refractivity contribution in [2.75, 3.05) is 0 Å². The fourth-order valence-electron chi connectivity index (χ4n) is 9.60. The second kappa shape index (κ2) is 26.1. The molecule has 1 heterocycles. The first kappa shape index (κ1) is 51.6. The van der Waals surface area contributed by atoms with Gasteiger partial charge in [0.1, 0.15) is 0 Å². The summed E-state index contributed by atoms with van der Waals surface area (Å²) >= 11 is -0.826. The average molecular weight is 1000 g/mol. The maximum Gasteiger partial charge on any atom is 0.0920 e. The fourth-order valence-corrected chi connectivity index (χ4v) is 10.9. The summed E-state index contributed by atoms with van der Waals surface area (Å²) in [5.74, 6) is 1.07. The van der Waals surface area contributed by atoms with Gasteiger partial charge in [0, 0.05) is 0 Å². The van der Waals surface area contributed by atoms with Crippen LogP contribution in [-0.2, 0) is 46.5 Å². The number of hydrogen-bond donors (Lipinski definition) is 0. The Morgan fingerprint density at radius 1 is 0.515 bits per heavy atom. The Balaban J connectivity index is 0.000000166. The molecule has 9 rings (SSSR count). The van der Waals surface area contributed by atoms with E-state index in [4.69, 9.17) is 17.0 Å². The molecule has 0 N–H and O–H groups in total. The molecule has 8 aromatic carbocycles. The van der Waals surface area contributed by atoms with Gasteiger partial charge < -0.3 is 0 Å². The first-order valence-corrected chi connectivity index (χ1v) is 31.9. The fraction of sp³-hybridized carbons (Fsp3) is 0.323. The molecule has 1 aliphatic heterocycles. The van der Waals surface area contributed by atoms with Crippen molar-refractivity contribution in [2.45, 2.75) is 131 Å². The molecule has 0 saturated carbocycles. The zero-order chi connectivity index (χ0) is 47.0. The van der Waals surface area contributed by atoms with E-state index in [9.17, 15) is 0 Å². The number of halogens is 2. The van der Waals surface area contributed by atoms with E-state index in [1.807, 2.05) is 6.07 Å². The molecular formula is C62H69Cl2SiZr-3. The minimum Gasteiger partial charge on any atom is -0.184 e. The van der Waals surface area contributed by atoms with Gasteiger partial charge in [-0.15, -0.1) is 74.6 Å². The number of benzene rings is 6. The number of hydrogen-bond acceptors (Lipinski definition) is 0. The van der Waals surface area contributed by atoms with Gasteiger partial charge in [-0.25, -0.2) is 0 Å². The van der Waals surface area contributed by atoms with Crippen LogP contribution in [0, 0.1) is 6.07 Å². The molecule has 0 bridgehead atoms. The number of aryl methyl sites for hydroxylation is 4. The Labute approximate surface area is 419 Å². The van der Waals surface area contributed by atoms with Crippen molar-refractivity contribution >= 4 is 58.5 Å². The van der Waals surface area contributed by atoms with Gasteiger partial charge in [-0.05, 0) is 59.8 Å². The quantitative estimate of drug-likeness (QED) is 0.0752. The summed E-state index contributed by atoms with van der Waals surface area (Å²) in [6.45, 7) is 18.3. The second-order valence-corrected chi connectivity index (χ2v) is 23.3. The van der Waals surface area contributed by atoms with E-state index in [1.165, 1.54) is 150 Å². The van der Waals surface area contributed by atoms with Crippen molar-refractivity contribution in [3.63, 3.8) is 0 Å². The van der Waals surface area contributed by atoms with Gasteiger partial charge in [0.15, 0.2) is 0 Å². The Hall–Kier alpha value is -3.78. The van der Waals surface area contributed by atoms with Crippen LogP contribution >= 0.6 is 17.0 Å². The average Bonchev–Trinajstić information content (AvgIpc) is 4.06. The summed E-state index contributed by atoms with van der Waals surface area (Å²) in [4.78, 5) is 0. The zero-order valence-electron chi connectivity index (χ0n) is 40.8. The van der Waals surface area contributed by atoms with E-state index < -0.39 is 20.8 Å². The minimum absolute atomic E-state index is 0.537. The van der Waals surface area contributed by atoms with E-state index in [1.54, 1.807) is 0 Å². The van der Waals surface area contributed by atoms with E-state index in [0.717, 1.165) is 22.4 Å². The van der Waals surface area contributed by atoms with Gasteiger partial charge in [0.05, 0.1) is 9.52 Å². The van der Waals surface area contributed by atoms with Crippen LogP contribution in [0.25, 0.3) is 54.9 Å². The molecule has 66 heavy (non-hydrogen) atoms. The van der Waals surface area contributed by atoms with Gasteiger partial charge in [0.25, 0.3) is 0 Å². The van der Waals surface area contributed by atoms with Crippen LogP contribution in [0.1, 0.15) is 139 Å². The molecule has 0 unspecified atom stereocenters. The van der Waals surface area contributed by atoms with Crippen molar-refractivity contribution in [3.05, 3.63) is 179 Å². The molecule has 0 atom stereocenters. The molecule has 0 aliphatic carbocycles. The van der Waals surface area contributed by atoms with Crippen LogP contribution in [0.15, 0.2) is 140 Å². The Bertz CT molecular complexity index is 2560. The third-order valence-corrected chi connectivity index (χ3v) is 14.2. The molecular weight excluding hydrogens is 935 g/mol. The van der Waals surface area contributed by atoms with Crippen LogP contribution in [0.4, 0.5) is 0 Å². The summed E-state index contributed by atoms with van der Waals surface area (Å²) in [5, 5.41) is 8.53. The summed E-state index contributed by atoms with van der Waals surface area (Å²) in [7, 11) is 10.7. The maximum absolute atomic E-state index is 4.93. The molecule has 4 heteroatoms. The van der Waals surface area contributed by atoms with Crippen molar-refractivity contribution in [2.24, 2.45) is 0 Å². The molecule has 0 nitrogen and oxygen atoms in total. The van der Waals surface area contributed by atoms with Gasteiger partial charge >= 0.3 is 37.9 Å². The Kier molecular flexibility index (Phi) is 20.4. The number of rotatable bonds is 14. The van der Waals surface area contributed by atoms with Crippen molar-refractivity contribution in [1.29, 1.82) is 0 Å². The first-order chi connectivity index (χ1) is 32.2. The molecule has 0 aromatic heterocycles. The largest absolute Gasteiger partial charge is 0.184 e. The number of fused-ring (bicyclic) bond motifs is 5. The SMILES string of the molecule is CCCCc1cc2c(-c3ccccc3C(C)C)c(CCC)ccc2[cH-]1.CCCCc1cc2c(-c3ccccc3C(C)C)c(CCC)ccc2[cH-]1.[Cl][Zr][Cl].[c-]1cccc2c1[Si]c1ccccc1-2. The van der Waals surface area contributed by atoms with Crippen LogP contribution in [0.3, 0.4) is 0 Å². The smallest absolute Gasteiger partial charge is 0.0920 e. The van der Waals surface area contributed by atoms with E-state index in [2.05, 4.69) is 195 Å². The predicted octanol–water partition coefficient (Wildman–Crippen LogP) is 17.8. The minimum atomic E-state index is -0.826. The number of unbranched alkanes of at least 4 members (excludes halogenated alkanes) is 2. The monoisotopic (exact) mass is 1000 g/mol. The summed E-state index contributed by atoms with van der Waals surface area (Å²) in [6.07, 6.45) is 12.1. The molecule has 1 aliphatic rings. The molecule has 0 spiro atoms. The molecule has 342 valence electrons. The standard InChI is InChI=1S/2C25H31.C12H7Si.2ClH.Zr/c2*1-5-7-11-19-16-21-15-14-20(10-6-2)25(24(21)17-19)23-13-9-8-12-22(23)18(3)4;1-3-7-11-9(5-1)10-6-2-4-8-12(10)13-11;;;/h2*8-9,12-18H,5-7,10-11H2,1-4H3;1-7H;2*1H;/q3*-1;;;+2/p-2. The Morgan fingerprint density at radius 2 is 0.955 bits per heavy atom. The Morgan fingerprint density at radius 3 is 1.41 bits per heavy atom. The topological polar surface area (TPSA) is 0 Å². The third-order valence-electron chi connectivity index (χ3n) is 12.8. The van der Waals surface area contributed by atoms with Crippen LogP contribution in [0.2, 0.25) is 0 Å². The van der Waals surface area contributed by atoms with Crippen LogP contribution < -0.4 is 10.4 Å². The third kappa shape index (κ3) is 12.8. The van der Waals surface area contributed by atoms with Gasteiger partial charge in [0.2, 0.25) is 0 Å². The van der Waals surface area contributed by atoms with Crippen LogP contribution in [-0.4, -0.2) is 9.52 Å². The van der Waals surface area contributed by atoms with E-state index in [0.29, 0.717) is 11.8 Å². The molecule has 2 radical (unpaired) electrons. The first-order valence-electron chi connectivity index (χ1n) is 24.6. The maximum atomic E-state index is 4.93. The predicted molar refractivity (Wildman–Crippen MR) is 291 cm³/mol. The van der Waals surface area contributed by atoms with Crippen molar-refractivity contribution in [1.82, 2.24) is 0 Å². The molecule has 8 aromatic rings. The van der Waals surface area contributed by atoms with Crippen molar-refractivity contribution in [3.8, 4) is 33.4 Å². The van der Waals surface area contributed by atoms with Gasteiger partial charge in [-0.2, -0.15) is 41.6 Å². The molecule has 0 amide bonds. The molecule has 0 saturated heterocycles. The normalized spacial score (nSPS) is 11.4. The van der Waals surface area contributed by atoms with E-state index in [-0.39, 0.29) is 0 Å². The summed E-state index contributed by atoms with van der Waals surface area (Å²) in [6, 6.07) is 55.3. The molecule has 0 fully saturated rings. The van der Waals surface area contributed by atoms with Crippen molar-refractivity contribution < 1.29 is 20.8 Å². The zero-order valence-corrected chi connectivity index (χ0v) is 45.7. The second-order valence-electron chi connectivity index (χ2n) is 18.3. The van der Waals surface area contributed by atoms with Gasteiger partial charge in [-0.3, -0.25) is 0 Å². The summed E-state index contributed by atoms with van der Waals surface area (Å²) in [5.41, 5.74) is 17.5. The van der Waals surface area contributed by atoms with Gasteiger partial charge in [-0.1, -0.05) is 200 Å². The summed E-state index contributed by atoms with van der Waals surface area (Å²) < 4.78 is 0.